The van der Waals surface area contributed by atoms with Crippen LogP contribution >= 0.6 is 0 Å². The first-order chi connectivity index (χ1) is 7.11. The second-order valence-electron chi connectivity index (χ2n) is 3.49. The van der Waals surface area contributed by atoms with Crippen molar-refractivity contribution in [1.82, 2.24) is 0 Å². The number of nitrogens with zero attached hydrogens (tertiary/aromatic N) is 3. The lowest BCUT2D eigenvalue weighted by molar-refractivity contribution is 0.411. The molecule has 0 aliphatic rings. The third-order valence-corrected chi connectivity index (χ3v) is 2.67. The van der Waals surface area contributed by atoms with Crippen molar-refractivity contribution in [1.29, 1.82) is 0 Å². The lowest BCUT2D eigenvalue weighted by atomic mass is 9.98. The van der Waals surface area contributed by atoms with Gasteiger partial charge in [0.2, 0.25) is 0 Å². The highest BCUT2D eigenvalue weighted by molar-refractivity contribution is 5.44. The van der Waals surface area contributed by atoms with Gasteiger partial charge in [-0.15, -0.1) is 0 Å². The molecule has 0 amide bonds. The highest BCUT2D eigenvalue weighted by Crippen LogP contribution is 2.29. The molecule has 4 heteroatoms. The van der Waals surface area contributed by atoms with Gasteiger partial charge >= 0.3 is 0 Å². The largest absolute Gasteiger partial charge is 0.496 e. The molecule has 1 rings (SSSR count). The van der Waals surface area contributed by atoms with Gasteiger partial charge < -0.3 is 4.74 Å². The third kappa shape index (κ3) is 2.22. The Labute approximate surface area is 89.5 Å². The summed E-state index contributed by atoms with van der Waals surface area (Å²) in [6, 6.07) is 3.71. The first-order valence-electron chi connectivity index (χ1n) is 4.80. The molecule has 1 atom stereocenters. The molecule has 80 valence electrons. The number of hydrogen-bond acceptors (Lipinski definition) is 2. The molecule has 0 heterocycles. The van der Waals surface area contributed by atoms with E-state index in [0.717, 1.165) is 22.4 Å². The Kier molecular flexibility index (Phi) is 3.58. The maximum Gasteiger partial charge on any atom is 0.122 e. The summed E-state index contributed by atoms with van der Waals surface area (Å²) in [5.74, 6) is 0.865. The Hall–Kier alpha value is -1.67. The van der Waals surface area contributed by atoms with Crippen LogP contribution in [-0.2, 0) is 0 Å². The molecule has 0 fully saturated rings. The van der Waals surface area contributed by atoms with Crippen LogP contribution in [0.1, 0.15) is 29.7 Å². The lowest BCUT2D eigenvalue weighted by Crippen LogP contribution is -1.97. The predicted molar refractivity (Wildman–Crippen MR) is 60.0 cm³/mol. The lowest BCUT2D eigenvalue weighted by Gasteiger charge is -2.14. The number of rotatable bonds is 3. The number of benzene rings is 1. The van der Waals surface area contributed by atoms with Crippen molar-refractivity contribution in [3.05, 3.63) is 39.3 Å². The average Bonchev–Trinajstić information content (AvgIpc) is 2.22. The van der Waals surface area contributed by atoms with Gasteiger partial charge in [0.05, 0.1) is 13.2 Å². The van der Waals surface area contributed by atoms with Crippen molar-refractivity contribution in [3.8, 4) is 5.75 Å². The Morgan fingerprint density at radius 1 is 1.33 bits per heavy atom. The highest BCUT2D eigenvalue weighted by Gasteiger charge is 2.10. The summed E-state index contributed by atoms with van der Waals surface area (Å²) in [5, 5.41) is 3.69. The predicted octanol–water partition coefficient (Wildman–Crippen LogP) is 3.68. The minimum absolute atomic E-state index is 0.139. The van der Waals surface area contributed by atoms with E-state index < -0.39 is 0 Å². The fourth-order valence-corrected chi connectivity index (χ4v) is 1.63. The Morgan fingerprint density at radius 3 is 2.53 bits per heavy atom. The van der Waals surface area contributed by atoms with Crippen molar-refractivity contribution in [2.75, 3.05) is 7.11 Å². The van der Waals surface area contributed by atoms with Crippen LogP contribution in [-0.4, -0.2) is 7.11 Å². The quantitative estimate of drug-likeness (QED) is 0.421. The van der Waals surface area contributed by atoms with Gasteiger partial charge in [-0.3, -0.25) is 0 Å². The van der Waals surface area contributed by atoms with E-state index in [9.17, 15) is 0 Å². The number of methoxy groups -OCH3 is 1. The summed E-state index contributed by atoms with van der Waals surface area (Å²) in [6.07, 6.45) is 0. The van der Waals surface area contributed by atoms with E-state index in [1.807, 2.05) is 32.9 Å². The summed E-state index contributed by atoms with van der Waals surface area (Å²) >= 11 is 0. The SMILES string of the molecule is COc1ccc([C@H](C)N=[N+]=[N-])c(C)c1C. The van der Waals surface area contributed by atoms with Gasteiger partial charge in [0, 0.05) is 4.91 Å². The van der Waals surface area contributed by atoms with Crippen molar-refractivity contribution < 1.29 is 4.74 Å². The van der Waals surface area contributed by atoms with Crippen LogP contribution in [0.3, 0.4) is 0 Å². The average molecular weight is 205 g/mol. The first kappa shape index (κ1) is 11.4. The van der Waals surface area contributed by atoms with Crippen LogP contribution < -0.4 is 4.74 Å². The second-order valence-corrected chi connectivity index (χ2v) is 3.49. The number of azide groups is 1. The van der Waals surface area contributed by atoms with E-state index in [4.69, 9.17) is 10.3 Å². The van der Waals surface area contributed by atoms with Gasteiger partial charge in [0.15, 0.2) is 0 Å². The first-order valence-corrected chi connectivity index (χ1v) is 4.80. The molecule has 0 aliphatic carbocycles. The van der Waals surface area contributed by atoms with Crippen molar-refractivity contribution in [2.24, 2.45) is 5.11 Å². The number of ether oxygens (including phenoxy) is 1. The fourth-order valence-electron chi connectivity index (χ4n) is 1.63. The Bertz CT molecular complexity index is 409. The molecule has 0 aromatic heterocycles. The van der Waals surface area contributed by atoms with Gasteiger partial charge in [-0.05, 0) is 42.1 Å². The maximum absolute atomic E-state index is 8.39. The second kappa shape index (κ2) is 4.71. The van der Waals surface area contributed by atoms with Crippen molar-refractivity contribution in [3.63, 3.8) is 0 Å². The molecule has 1 aromatic rings. The molecular formula is C11H15N3O. The molecule has 0 spiro atoms. The summed E-state index contributed by atoms with van der Waals surface area (Å²) < 4.78 is 5.22. The molecule has 0 aliphatic heterocycles. The van der Waals surface area contributed by atoms with Crippen LogP contribution in [0.4, 0.5) is 0 Å². The molecule has 1 aromatic carbocycles. The molecule has 4 nitrogen and oxygen atoms in total. The minimum Gasteiger partial charge on any atom is -0.496 e. The van der Waals surface area contributed by atoms with Gasteiger partial charge in [0.25, 0.3) is 0 Å². The van der Waals surface area contributed by atoms with E-state index in [1.165, 1.54) is 0 Å². The minimum atomic E-state index is -0.139. The fraction of sp³-hybridized carbons (Fsp3) is 0.455. The zero-order valence-electron chi connectivity index (χ0n) is 9.48. The topological polar surface area (TPSA) is 58.0 Å². The monoisotopic (exact) mass is 205 g/mol. The Balaban J connectivity index is 3.22. The van der Waals surface area contributed by atoms with Crippen LogP contribution in [0.2, 0.25) is 0 Å². The van der Waals surface area contributed by atoms with E-state index in [1.54, 1.807) is 7.11 Å². The molecule has 0 saturated carbocycles. The zero-order chi connectivity index (χ0) is 11.4. The molecule has 0 bridgehead atoms. The van der Waals surface area contributed by atoms with E-state index >= 15 is 0 Å². The summed E-state index contributed by atoms with van der Waals surface area (Å²) in [7, 11) is 1.65. The van der Waals surface area contributed by atoms with Gasteiger partial charge in [0.1, 0.15) is 5.75 Å². The zero-order valence-corrected chi connectivity index (χ0v) is 9.48. The Morgan fingerprint density at radius 2 is 2.00 bits per heavy atom. The van der Waals surface area contributed by atoms with Crippen LogP contribution in [0.5, 0.6) is 5.75 Å². The van der Waals surface area contributed by atoms with Crippen LogP contribution in [0.15, 0.2) is 17.2 Å². The van der Waals surface area contributed by atoms with Gasteiger partial charge in [-0.25, -0.2) is 0 Å². The summed E-state index contributed by atoms with van der Waals surface area (Å²) in [4.78, 5) is 2.82. The van der Waals surface area contributed by atoms with Gasteiger partial charge in [-0.1, -0.05) is 18.1 Å². The molecule has 0 unspecified atom stereocenters. The smallest absolute Gasteiger partial charge is 0.122 e. The van der Waals surface area contributed by atoms with E-state index in [0.29, 0.717) is 0 Å². The molecular weight excluding hydrogens is 190 g/mol. The van der Waals surface area contributed by atoms with Crippen molar-refractivity contribution >= 4 is 0 Å². The standard InChI is InChI=1S/C11H15N3O/c1-7-8(2)11(15-4)6-5-10(7)9(3)13-14-12/h5-6,9H,1-4H3/t9-/m0/s1. The third-order valence-electron chi connectivity index (χ3n) is 2.67. The molecule has 0 radical (unpaired) electrons. The summed E-state index contributed by atoms with van der Waals surface area (Å²) in [5.41, 5.74) is 11.7. The molecule has 0 N–H and O–H groups in total. The van der Waals surface area contributed by atoms with Crippen LogP contribution in [0, 0.1) is 13.8 Å². The van der Waals surface area contributed by atoms with E-state index in [-0.39, 0.29) is 6.04 Å². The van der Waals surface area contributed by atoms with E-state index in [2.05, 4.69) is 10.0 Å². The molecule has 0 saturated heterocycles. The maximum atomic E-state index is 8.39. The van der Waals surface area contributed by atoms with Gasteiger partial charge in [-0.2, -0.15) is 0 Å². The van der Waals surface area contributed by atoms with Crippen molar-refractivity contribution in [2.45, 2.75) is 26.8 Å². The van der Waals surface area contributed by atoms with Crippen LogP contribution in [0.25, 0.3) is 10.4 Å². The highest BCUT2D eigenvalue weighted by atomic mass is 16.5. The normalized spacial score (nSPS) is 11.7. The molecule has 15 heavy (non-hydrogen) atoms. The summed E-state index contributed by atoms with van der Waals surface area (Å²) in [6.45, 7) is 5.89. The number of hydrogen-bond donors (Lipinski definition) is 0.